The first-order valence-corrected chi connectivity index (χ1v) is 11.4. The number of nitrogens with zero attached hydrogens (tertiary/aromatic N) is 2. The molecule has 8 nitrogen and oxygen atoms in total. The highest BCUT2D eigenvalue weighted by atomic mass is 16.5. The monoisotopic (exact) mass is 454 g/mol. The van der Waals surface area contributed by atoms with Crippen LogP contribution in [0.3, 0.4) is 0 Å². The van der Waals surface area contributed by atoms with E-state index in [1.807, 2.05) is 6.92 Å². The molecule has 1 N–H and O–H groups in total. The zero-order valence-electron chi connectivity index (χ0n) is 19.1. The van der Waals surface area contributed by atoms with Crippen molar-refractivity contribution in [1.82, 2.24) is 9.80 Å². The van der Waals surface area contributed by atoms with Crippen molar-refractivity contribution in [3.8, 4) is 5.75 Å². The average Bonchev–Trinajstić information content (AvgIpc) is 3.37. The summed E-state index contributed by atoms with van der Waals surface area (Å²) < 4.78 is 16.9. The predicted molar refractivity (Wildman–Crippen MR) is 122 cm³/mol. The standard InChI is InChI=1S/C25H30N2O6/c1-3-13-32-19-6-4-5-18(16-19)23(28)21-22(20-8-7-17(2)33-20)27(25(30)24(21)29)10-9-26-11-14-31-15-12-26/h4-8,16,22,28H,3,9-15H2,1-2H3. The van der Waals surface area contributed by atoms with Crippen LogP contribution in [0.2, 0.25) is 0 Å². The number of aliphatic hydroxyl groups excluding tert-OH is 1. The summed E-state index contributed by atoms with van der Waals surface area (Å²) in [5.41, 5.74) is 0.451. The highest BCUT2D eigenvalue weighted by Crippen LogP contribution is 2.40. The van der Waals surface area contributed by atoms with Gasteiger partial charge in [0.25, 0.3) is 11.7 Å². The van der Waals surface area contributed by atoms with E-state index in [2.05, 4.69) is 4.90 Å². The molecule has 8 heteroatoms. The molecule has 1 amide bonds. The van der Waals surface area contributed by atoms with E-state index in [9.17, 15) is 14.7 Å². The van der Waals surface area contributed by atoms with E-state index in [4.69, 9.17) is 13.9 Å². The Bertz CT molecular complexity index is 1040. The maximum Gasteiger partial charge on any atom is 0.295 e. The maximum atomic E-state index is 13.1. The second-order valence-corrected chi connectivity index (χ2v) is 8.27. The van der Waals surface area contributed by atoms with Crippen molar-refractivity contribution in [3.63, 3.8) is 0 Å². The van der Waals surface area contributed by atoms with Crippen LogP contribution in [0.1, 0.15) is 36.5 Å². The second-order valence-electron chi connectivity index (χ2n) is 8.27. The van der Waals surface area contributed by atoms with Crippen LogP contribution >= 0.6 is 0 Å². The number of morpholine rings is 1. The Labute approximate surface area is 193 Å². The number of likely N-dealkylation sites (tertiary alicyclic amines) is 1. The number of rotatable bonds is 8. The van der Waals surface area contributed by atoms with Crippen LogP contribution in [-0.2, 0) is 14.3 Å². The van der Waals surface area contributed by atoms with E-state index in [1.165, 1.54) is 4.90 Å². The van der Waals surface area contributed by atoms with Gasteiger partial charge in [0.05, 0.1) is 25.4 Å². The largest absolute Gasteiger partial charge is 0.507 e. The normalized spacial score (nSPS) is 21.0. The molecule has 1 aromatic carbocycles. The van der Waals surface area contributed by atoms with E-state index < -0.39 is 17.7 Å². The molecular formula is C25H30N2O6. The van der Waals surface area contributed by atoms with E-state index in [0.717, 1.165) is 19.5 Å². The third-order valence-electron chi connectivity index (χ3n) is 5.91. The topological polar surface area (TPSA) is 92.5 Å². The zero-order chi connectivity index (χ0) is 23.4. The van der Waals surface area contributed by atoms with Crippen molar-refractivity contribution in [2.75, 3.05) is 46.0 Å². The van der Waals surface area contributed by atoms with Crippen LogP contribution in [-0.4, -0.2) is 72.6 Å². The summed E-state index contributed by atoms with van der Waals surface area (Å²) in [6.07, 6.45) is 0.850. The number of aryl methyl sites for hydroxylation is 1. The Balaban J connectivity index is 1.69. The van der Waals surface area contributed by atoms with Gasteiger partial charge < -0.3 is 23.9 Å². The average molecular weight is 455 g/mol. The highest BCUT2D eigenvalue weighted by Gasteiger charge is 2.47. The fourth-order valence-corrected chi connectivity index (χ4v) is 4.19. The van der Waals surface area contributed by atoms with E-state index >= 15 is 0 Å². The van der Waals surface area contributed by atoms with Gasteiger partial charge in [-0.25, -0.2) is 0 Å². The van der Waals surface area contributed by atoms with Gasteiger partial charge in [0.1, 0.15) is 29.1 Å². The molecule has 2 aromatic rings. The van der Waals surface area contributed by atoms with Crippen LogP contribution in [0.4, 0.5) is 0 Å². The van der Waals surface area contributed by atoms with Crippen LogP contribution < -0.4 is 4.74 Å². The summed E-state index contributed by atoms with van der Waals surface area (Å²) >= 11 is 0. The number of carbonyl (C=O) groups excluding carboxylic acids is 2. The van der Waals surface area contributed by atoms with Gasteiger partial charge in [-0.15, -0.1) is 0 Å². The molecular weight excluding hydrogens is 424 g/mol. The fraction of sp³-hybridized carbons (Fsp3) is 0.440. The first-order chi connectivity index (χ1) is 16.0. The molecule has 33 heavy (non-hydrogen) atoms. The lowest BCUT2D eigenvalue weighted by atomic mass is 9.99. The Hall–Kier alpha value is -3.10. The molecule has 4 rings (SSSR count). The van der Waals surface area contributed by atoms with Gasteiger partial charge >= 0.3 is 0 Å². The SMILES string of the molecule is CCCOc1cccc(C(O)=C2C(=O)C(=O)N(CCN3CCOCC3)C2c2ccc(C)o2)c1. The van der Waals surface area contributed by atoms with Gasteiger partial charge in [0.15, 0.2) is 0 Å². The van der Waals surface area contributed by atoms with Crippen molar-refractivity contribution >= 4 is 17.4 Å². The first-order valence-electron chi connectivity index (χ1n) is 11.4. The number of carbonyl (C=O) groups is 2. The first kappa shape index (κ1) is 23.1. The molecule has 0 aliphatic carbocycles. The number of benzene rings is 1. The summed E-state index contributed by atoms with van der Waals surface area (Å²) in [6, 6.07) is 9.66. The van der Waals surface area contributed by atoms with Crippen molar-refractivity contribution in [1.29, 1.82) is 0 Å². The van der Waals surface area contributed by atoms with Crippen molar-refractivity contribution < 1.29 is 28.6 Å². The predicted octanol–water partition coefficient (Wildman–Crippen LogP) is 3.13. The highest BCUT2D eigenvalue weighted by molar-refractivity contribution is 6.46. The quantitative estimate of drug-likeness (QED) is 0.372. The van der Waals surface area contributed by atoms with Gasteiger partial charge in [-0.05, 0) is 37.6 Å². The van der Waals surface area contributed by atoms with Crippen LogP contribution in [0, 0.1) is 6.92 Å². The Morgan fingerprint density at radius 2 is 1.94 bits per heavy atom. The van der Waals surface area contributed by atoms with E-state index in [-0.39, 0.29) is 11.3 Å². The number of hydrogen-bond donors (Lipinski definition) is 1. The number of furan rings is 1. The van der Waals surface area contributed by atoms with Crippen molar-refractivity contribution in [2.45, 2.75) is 26.3 Å². The Kier molecular flexibility index (Phi) is 7.15. The minimum absolute atomic E-state index is 0.0315. The molecule has 2 saturated heterocycles. The Morgan fingerprint density at radius 3 is 2.64 bits per heavy atom. The lowest BCUT2D eigenvalue weighted by molar-refractivity contribution is -0.140. The summed E-state index contributed by atoms with van der Waals surface area (Å²) in [4.78, 5) is 29.9. The lowest BCUT2D eigenvalue weighted by Crippen LogP contribution is -2.42. The molecule has 0 saturated carbocycles. The molecule has 176 valence electrons. The summed E-state index contributed by atoms with van der Waals surface area (Å²) in [5.74, 6) is 0.124. The summed E-state index contributed by atoms with van der Waals surface area (Å²) in [6.45, 7) is 8.15. The second kappa shape index (κ2) is 10.2. The summed E-state index contributed by atoms with van der Waals surface area (Å²) in [5, 5.41) is 11.2. The number of hydrogen-bond acceptors (Lipinski definition) is 7. The fourth-order valence-electron chi connectivity index (χ4n) is 4.19. The number of ketones is 1. The van der Waals surface area contributed by atoms with Gasteiger partial charge in [-0.3, -0.25) is 14.5 Å². The van der Waals surface area contributed by atoms with E-state index in [0.29, 0.717) is 55.7 Å². The Morgan fingerprint density at radius 1 is 1.15 bits per heavy atom. The van der Waals surface area contributed by atoms with Gasteiger partial charge in [-0.1, -0.05) is 19.1 Å². The molecule has 1 aromatic heterocycles. The molecule has 1 unspecified atom stereocenters. The lowest BCUT2D eigenvalue weighted by Gasteiger charge is -2.30. The zero-order valence-corrected chi connectivity index (χ0v) is 19.1. The van der Waals surface area contributed by atoms with Crippen LogP contribution in [0.25, 0.3) is 5.76 Å². The molecule has 0 spiro atoms. The third kappa shape index (κ3) is 4.96. The number of ether oxygens (including phenoxy) is 2. The van der Waals surface area contributed by atoms with E-state index in [1.54, 1.807) is 43.3 Å². The van der Waals surface area contributed by atoms with Gasteiger partial charge in [-0.2, -0.15) is 0 Å². The molecule has 2 aliphatic rings. The minimum Gasteiger partial charge on any atom is -0.507 e. The van der Waals surface area contributed by atoms with Crippen molar-refractivity contribution in [2.24, 2.45) is 0 Å². The molecule has 2 aliphatic heterocycles. The maximum absolute atomic E-state index is 13.1. The molecule has 1 atom stereocenters. The smallest absolute Gasteiger partial charge is 0.295 e. The van der Waals surface area contributed by atoms with Gasteiger partial charge in [0, 0.05) is 31.7 Å². The number of Topliss-reactive ketones (excluding diaryl/α,β-unsaturated/α-hetero) is 1. The van der Waals surface area contributed by atoms with Crippen LogP contribution in [0.15, 0.2) is 46.4 Å². The minimum atomic E-state index is -0.792. The van der Waals surface area contributed by atoms with Crippen LogP contribution in [0.5, 0.6) is 5.75 Å². The molecule has 2 fully saturated rings. The molecule has 0 bridgehead atoms. The van der Waals surface area contributed by atoms with Crippen molar-refractivity contribution in [3.05, 3.63) is 59.1 Å². The molecule has 0 radical (unpaired) electrons. The molecule has 3 heterocycles. The third-order valence-corrected chi connectivity index (χ3v) is 5.91. The summed E-state index contributed by atoms with van der Waals surface area (Å²) in [7, 11) is 0. The number of aliphatic hydroxyl groups is 1. The van der Waals surface area contributed by atoms with Gasteiger partial charge in [0.2, 0.25) is 0 Å². The number of amides is 1.